The Morgan fingerprint density at radius 2 is 1.88 bits per heavy atom. The van der Waals surface area contributed by atoms with Crippen LogP contribution < -0.4 is 0 Å². The van der Waals surface area contributed by atoms with Crippen LogP contribution in [0.3, 0.4) is 0 Å². The molecule has 1 aromatic carbocycles. The SMILES string of the molecule is Cn1ccc2ccc(-c3nccn3[C@@H]3C[C@H]4CO[C@@H](CCO)CN4C3)cc21.O=CO.O=CO. The molecule has 10 nitrogen and oxygen atoms in total. The molecule has 3 N–H and O–H groups in total. The highest BCUT2D eigenvalue weighted by atomic mass is 16.5. The number of aliphatic hydroxyl groups excluding tert-OH is 1. The zero-order valence-corrected chi connectivity index (χ0v) is 18.5. The van der Waals surface area contributed by atoms with Crippen LogP contribution in [0, 0.1) is 0 Å². The molecule has 2 aliphatic rings. The monoisotopic (exact) mass is 458 g/mol. The van der Waals surface area contributed by atoms with Gasteiger partial charge in [-0.15, -0.1) is 0 Å². The van der Waals surface area contributed by atoms with E-state index < -0.39 is 0 Å². The Balaban J connectivity index is 0.000000464. The minimum Gasteiger partial charge on any atom is -0.483 e. The molecule has 4 heterocycles. The molecular weight excluding hydrogens is 428 g/mol. The number of aryl methyl sites for hydroxylation is 1. The van der Waals surface area contributed by atoms with Crippen molar-refractivity contribution in [3.8, 4) is 11.4 Å². The number of imidazole rings is 1. The number of benzene rings is 1. The lowest BCUT2D eigenvalue weighted by molar-refractivity contribution is -0.123. The van der Waals surface area contributed by atoms with Crippen LogP contribution in [0.4, 0.5) is 0 Å². The summed E-state index contributed by atoms with van der Waals surface area (Å²) in [5.74, 6) is 1.04. The summed E-state index contributed by atoms with van der Waals surface area (Å²) in [4.78, 5) is 23.9. The third kappa shape index (κ3) is 5.59. The van der Waals surface area contributed by atoms with Gasteiger partial charge in [-0.2, -0.15) is 0 Å². The van der Waals surface area contributed by atoms with Gasteiger partial charge >= 0.3 is 0 Å². The second-order valence-electron chi connectivity index (χ2n) is 8.03. The number of morpholine rings is 1. The molecule has 10 heteroatoms. The van der Waals surface area contributed by atoms with E-state index in [1.165, 1.54) is 10.9 Å². The topological polar surface area (TPSA) is 130 Å². The first-order valence-corrected chi connectivity index (χ1v) is 10.8. The lowest BCUT2D eigenvalue weighted by Crippen LogP contribution is -2.46. The third-order valence-corrected chi connectivity index (χ3v) is 6.13. The van der Waals surface area contributed by atoms with Crippen LogP contribution in [-0.4, -0.2) is 85.7 Å². The number of rotatable bonds is 4. The van der Waals surface area contributed by atoms with Crippen molar-refractivity contribution in [1.82, 2.24) is 19.0 Å². The summed E-state index contributed by atoms with van der Waals surface area (Å²) in [6, 6.07) is 9.60. The van der Waals surface area contributed by atoms with Gasteiger partial charge in [0.15, 0.2) is 0 Å². The molecule has 178 valence electrons. The van der Waals surface area contributed by atoms with Crippen molar-refractivity contribution in [3.05, 3.63) is 42.9 Å². The van der Waals surface area contributed by atoms with Gasteiger partial charge in [-0.05, 0) is 30.4 Å². The third-order valence-electron chi connectivity index (χ3n) is 6.13. The molecule has 0 amide bonds. The Bertz CT molecular complexity index is 1040. The molecule has 0 unspecified atom stereocenters. The van der Waals surface area contributed by atoms with Crippen LogP contribution >= 0.6 is 0 Å². The predicted octanol–water partition coefficient (Wildman–Crippen LogP) is 1.84. The number of ether oxygens (including phenoxy) is 1. The Kier molecular flexibility index (Phi) is 8.58. The zero-order chi connectivity index (χ0) is 23.8. The molecule has 33 heavy (non-hydrogen) atoms. The summed E-state index contributed by atoms with van der Waals surface area (Å²) in [5.41, 5.74) is 2.39. The first kappa shape index (κ1) is 24.4. The second kappa shape index (κ2) is 11.6. The molecule has 2 aliphatic heterocycles. The van der Waals surface area contributed by atoms with E-state index in [4.69, 9.17) is 24.5 Å². The van der Waals surface area contributed by atoms with Gasteiger partial charge in [-0.3, -0.25) is 14.5 Å². The van der Waals surface area contributed by atoms with Crippen molar-refractivity contribution >= 4 is 23.8 Å². The largest absolute Gasteiger partial charge is 0.483 e. The van der Waals surface area contributed by atoms with E-state index in [1.807, 2.05) is 6.20 Å². The minimum atomic E-state index is -0.250. The van der Waals surface area contributed by atoms with Crippen molar-refractivity contribution in [1.29, 1.82) is 0 Å². The molecule has 0 bridgehead atoms. The van der Waals surface area contributed by atoms with Crippen LogP contribution in [-0.2, 0) is 21.4 Å². The quantitative estimate of drug-likeness (QED) is 0.505. The van der Waals surface area contributed by atoms with Gasteiger partial charge in [-0.1, -0.05) is 12.1 Å². The van der Waals surface area contributed by atoms with Gasteiger partial charge in [0.2, 0.25) is 0 Å². The van der Waals surface area contributed by atoms with E-state index in [0.717, 1.165) is 43.9 Å². The van der Waals surface area contributed by atoms with Gasteiger partial charge in [0.25, 0.3) is 12.9 Å². The van der Waals surface area contributed by atoms with E-state index in [9.17, 15) is 5.11 Å². The molecular formula is C23H30N4O6. The Morgan fingerprint density at radius 1 is 1.12 bits per heavy atom. The van der Waals surface area contributed by atoms with Crippen molar-refractivity contribution in [2.24, 2.45) is 7.05 Å². The van der Waals surface area contributed by atoms with Crippen molar-refractivity contribution in [3.63, 3.8) is 0 Å². The van der Waals surface area contributed by atoms with Crippen LogP contribution in [0.5, 0.6) is 0 Å². The van der Waals surface area contributed by atoms with Crippen molar-refractivity contribution < 1.29 is 29.6 Å². The number of fused-ring (bicyclic) bond motifs is 2. The number of hydrogen-bond donors (Lipinski definition) is 3. The normalized spacial score (nSPS) is 21.9. The first-order valence-electron chi connectivity index (χ1n) is 10.8. The maximum absolute atomic E-state index is 9.19. The summed E-state index contributed by atoms with van der Waals surface area (Å²) in [6.07, 6.45) is 8.08. The van der Waals surface area contributed by atoms with Crippen LogP contribution in [0.25, 0.3) is 22.3 Å². The van der Waals surface area contributed by atoms with E-state index in [-0.39, 0.29) is 25.7 Å². The molecule has 0 saturated carbocycles. The lowest BCUT2D eigenvalue weighted by Gasteiger charge is -2.34. The van der Waals surface area contributed by atoms with Gasteiger partial charge in [0.05, 0.1) is 12.7 Å². The molecule has 0 spiro atoms. The summed E-state index contributed by atoms with van der Waals surface area (Å²) < 4.78 is 10.4. The first-order chi connectivity index (χ1) is 16.1. The van der Waals surface area contributed by atoms with Gasteiger partial charge in [0, 0.05) is 68.5 Å². The van der Waals surface area contributed by atoms with Crippen molar-refractivity contribution in [2.75, 3.05) is 26.3 Å². The van der Waals surface area contributed by atoms with E-state index in [1.54, 1.807) is 0 Å². The molecule has 3 aromatic rings. The summed E-state index contributed by atoms with van der Waals surface area (Å²) in [6.45, 7) is 2.40. The molecule has 2 fully saturated rings. The maximum Gasteiger partial charge on any atom is 0.290 e. The lowest BCUT2D eigenvalue weighted by atomic mass is 10.1. The second-order valence-corrected chi connectivity index (χ2v) is 8.03. The van der Waals surface area contributed by atoms with E-state index in [2.05, 4.69) is 62.7 Å². The highest BCUT2D eigenvalue weighted by molar-refractivity contribution is 5.84. The average Bonchev–Trinajstić information content (AvgIpc) is 3.53. The highest BCUT2D eigenvalue weighted by Crippen LogP contribution is 2.34. The predicted molar refractivity (Wildman–Crippen MR) is 122 cm³/mol. The number of hydrogen-bond acceptors (Lipinski definition) is 6. The van der Waals surface area contributed by atoms with E-state index >= 15 is 0 Å². The summed E-state index contributed by atoms with van der Waals surface area (Å²) >= 11 is 0. The maximum atomic E-state index is 9.19. The summed E-state index contributed by atoms with van der Waals surface area (Å²) in [5, 5.41) is 24.2. The van der Waals surface area contributed by atoms with E-state index in [0.29, 0.717) is 12.1 Å². The Morgan fingerprint density at radius 3 is 2.61 bits per heavy atom. The average molecular weight is 459 g/mol. The minimum absolute atomic E-state index is 0.159. The van der Waals surface area contributed by atoms with Crippen molar-refractivity contribution in [2.45, 2.75) is 31.0 Å². The smallest absolute Gasteiger partial charge is 0.290 e. The standard InChI is InChI=1S/C21H26N4O2.2CH2O2/c1-23-7-4-15-2-3-16(10-20(15)23)21-22-6-8-25(21)17-11-18-14-27-19(5-9-26)13-24(18)12-17;2*2-1-3/h2-4,6-8,10,17-19,26H,5,9,11-14H2,1H3;2*1H,(H,2,3)/t17-,18+,19+;;/m1../s1. The summed E-state index contributed by atoms with van der Waals surface area (Å²) in [7, 11) is 2.08. The van der Waals surface area contributed by atoms with Crippen LogP contribution in [0.2, 0.25) is 0 Å². The van der Waals surface area contributed by atoms with Gasteiger partial charge in [0.1, 0.15) is 5.82 Å². The molecule has 5 rings (SSSR count). The highest BCUT2D eigenvalue weighted by Gasteiger charge is 2.38. The molecule has 2 saturated heterocycles. The molecule has 3 atom stereocenters. The number of aromatic nitrogens is 3. The fourth-order valence-electron chi connectivity index (χ4n) is 4.67. The molecule has 0 aliphatic carbocycles. The van der Waals surface area contributed by atoms with Gasteiger partial charge in [-0.25, -0.2) is 4.98 Å². The number of nitrogens with zero attached hydrogens (tertiary/aromatic N) is 4. The number of carbonyl (C=O) groups is 2. The fourth-order valence-corrected chi connectivity index (χ4v) is 4.67. The molecule has 0 radical (unpaired) electrons. The molecule has 2 aromatic heterocycles. The Hall–Kier alpha value is -3.21. The van der Waals surface area contributed by atoms with Gasteiger partial charge < -0.3 is 29.2 Å². The van der Waals surface area contributed by atoms with Crippen LogP contribution in [0.15, 0.2) is 42.9 Å². The zero-order valence-electron chi connectivity index (χ0n) is 18.5. The fraction of sp³-hybridized carbons (Fsp3) is 0.435. The number of carboxylic acid groups (broad SMARTS) is 2. The number of aliphatic hydroxyl groups is 1. The van der Waals surface area contributed by atoms with Crippen LogP contribution in [0.1, 0.15) is 18.9 Å². The Labute approximate surface area is 191 Å².